The fraction of sp³-hybridized carbons (Fsp3) is 0.455. The number of H-pyrrole nitrogens is 1. The van der Waals surface area contributed by atoms with Gasteiger partial charge >= 0.3 is 6.01 Å². The monoisotopic (exact) mass is 440 g/mol. The van der Waals surface area contributed by atoms with Crippen LogP contribution in [0.15, 0.2) is 18.3 Å². The predicted molar refractivity (Wildman–Crippen MR) is 115 cm³/mol. The molecule has 33 heavy (non-hydrogen) atoms. The molecule has 11 nitrogen and oxygen atoms in total. The van der Waals surface area contributed by atoms with E-state index in [1.807, 2.05) is 29.2 Å². The number of anilines is 1. The molecule has 4 heterocycles. The number of ether oxygens (including phenoxy) is 1. The van der Waals surface area contributed by atoms with Crippen molar-refractivity contribution in [3.05, 3.63) is 29.8 Å². The van der Waals surface area contributed by atoms with Crippen molar-refractivity contribution < 1.29 is 4.74 Å². The largest absolute Gasteiger partial charge is 0.463 e. The summed E-state index contributed by atoms with van der Waals surface area (Å²) in [5.41, 5.74) is 1.80. The molecule has 0 spiro atoms. The number of hydrogen-bond donors (Lipinski definition) is 1. The Kier molecular flexibility index (Phi) is 5.42. The van der Waals surface area contributed by atoms with Crippen molar-refractivity contribution in [2.24, 2.45) is 11.8 Å². The number of hydrogen-bond acceptors (Lipinski definition) is 10. The molecule has 11 heteroatoms. The quantitative estimate of drug-likeness (QED) is 0.600. The maximum Gasteiger partial charge on any atom is 0.321 e. The zero-order chi connectivity index (χ0) is 22.8. The van der Waals surface area contributed by atoms with Gasteiger partial charge in [-0.15, -0.1) is 0 Å². The average molecular weight is 440 g/mol. The van der Waals surface area contributed by atoms with Crippen LogP contribution in [0.4, 0.5) is 5.95 Å². The number of nitrogens with zero attached hydrogens (tertiary/aromatic N) is 9. The lowest BCUT2D eigenvalue weighted by atomic mass is 9.92. The van der Waals surface area contributed by atoms with E-state index in [4.69, 9.17) is 10.00 Å². The van der Waals surface area contributed by atoms with Crippen molar-refractivity contribution in [3.63, 3.8) is 0 Å². The number of aromatic nitrogens is 6. The van der Waals surface area contributed by atoms with Gasteiger partial charge in [-0.25, -0.2) is 4.98 Å². The summed E-state index contributed by atoms with van der Waals surface area (Å²) < 4.78 is 5.72. The minimum Gasteiger partial charge on any atom is -0.463 e. The Labute approximate surface area is 189 Å². The third kappa shape index (κ3) is 4.11. The lowest BCUT2D eigenvalue weighted by Gasteiger charge is -2.31. The van der Waals surface area contributed by atoms with E-state index in [0.717, 1.165) is 36.0 Å². The maximum atomic E-state index is 9.31. The van der Waals surface area contributed by atoms with E-state index in [9.17, 15) is 10.5 Å². The summed E-state index contributed by atoms with van der Waals surface area (Å²) >= 11 is 0. The van der Waals surface area contributed by atoms with Crippen LogP contribution in [0.2, 0.25) is 0 Å². The topological polar surface area (TPSA) is 164 Å². The van der Waals surface area contributed by atoms with E-state index in [0.29, 0.717) is 25.6 Å². The molecule has 1 saturated carbocycles. The molecule has 0 radical (unpaired) electrons. The molecule has 2 aliphatic rings. The second-order valence-corrected chi connectivity index (χ2v) is 8.28. The summed E-state index contributed by atoms with van der Waals surface area (Å²) in [5, 5.41) is 36.1. The van der Waals surface area contributed by atoms with E-state index in [1.165, 1.54) is 0 Å². The highest BCUT2D eigenvalue weighted by Crippen LogP contribution is 2.38. The Balaban J connectivity index is 1.33. The second kappa shape index (κ2) is 8.68. The standard InChI is InChI=1S/C22H20N10O/c23-9-14-8-15(14)12-33-22-28-19(16(10-24)11-25)27-21(29-22)32-6-3-13(4-7-32)18-17-2-1-5-26-20(17)31-30-18/h1-2,5,13-16H,3-4,6-8,12H2,(H,26,30,31)/t14?,15-/m1/s1. The molecular weight excluding hydrogens is 420 g/mol. The number of rotatable bonds is 6. The van der Waals surface area contributed by atoms with Gasteiger partial charge in [-0.1, -0.05) is 0 Å². The van der Waals surface area contributed by atoms with Crippen molar-refractivity contribution in [2.45, 2.75) is 31.1 Å². The molecule has 1 aliphatic carbocycles. The summed E-state index contributed by atoms with van der Waals surface area (Å²) in [6.07, 6.45) is 4.23. The molecule has 2 fully saturated rings. The van der Waals surface area contributed by atoms with Crippen LogP contribution in [-0.2, 0) is 0 Å². The smallest absolute Gasteiger partial charge is 0.321 e. The minimum atomic E-state index is -1.11. The lowest BCUT2D eigenvalue weighted by Crippen LogP contribution is -2.34. The first-order chi connectivity index (χ1) is 16.2. The van der Waals surface area contributed by atoms with Gasteiger partial charge < -0.3 is 9.64 Å². The first-order valence-electron chi connectivity index (χ1n) is 10.8. The molecule has 3 aromatic rings. The molecule has 3 aromatic heterocycles. The van der Waals surface area contributed by atoms with Crippen LogP contribution >= 0.6 is 0 Å². The van der Waals surface area contributed by atoms with Gasteiger partial charge in [0.15, 0.2) is 17.4 Å². The fourth-order valence-electron chi connectivity index (χ4n) is 4.15. The Morgan fingerprint density at radius 3 is 2.70 bits per heavy atom. The average Bonchev–Trinajstić information content (AvgIpc) is 3.50. The first kappa shape index (κ1) is 20.6. The van der Waals surface area contributed by atoms with Gasteiger partial charge in [0.25, 0.3) is 0 Å². The number of aromatic amines is 1. The molecule has 2 atom stereocenters. The molecule has 0 amide bonds. The van der Waals surface area contributed by atoms with E-state index in [1.54, 1.807) is 6.20 Å². The van der Waals surface area contributed by atoms with Crippen LogP contribution in [0.3, 0.4) is 0 Å². The highest BCUT2D eigenvalue weighted by Gasteiger charge is 2.38. The maximum absolute atomic E-state index is 9.31. The van der Waals surface area contributed by atoms with Crippen molar-refractivity contribution in [1.82, 2.24) is 30.1 Å². The summed E-state index contributed by atoms with van der Waals surface area (Å²) in [6, 6.07) is 10.1. The van der Waals surface area contributed by atoms with Gasteiger partial charge in [0.05, 0.1) is 36.4 Å². The molecule has 0 aromatic carbocycles. The molecule has 0 bridgehead atoms. The van der Waals surface area contributed by atoms with Crippen LogP contribution in [0, 0.1) is 45.8 Å². The Bertz CT molecular complexity index is 1280. The normalized spacial score (nSPS) is 20.2. The van der Waals surface area contributed by atoms with Crippen LogP contribution in [0.25, 0.3) is 11.0 Å². The van der Waals surface area contributed by atoms with Crippen LogP contribution in [0.1, 0.15) is 42.6 Å². The zero-order valence-corrected chi connectivity index (χ0v) is 17.7. The Morgan fingerprint density at radius 2 is 1.97 bits per heavy atom. The highest BCUT2D eigenvalue weighted by molar-refractivity contribution is 5.77. The summed E-state index contributed by atoms with van der Waals surface area (Å²) in [7, 11) is 0. The molecule has 5 rings (SSSR count). The van der Waals surface area contributed by atoms with Gasteiger partial charge in [-0.05, 0) is 31.4 Å². The van der Waals surface area contributed by atoms with Gasteiger partial charge in [0, 0.05) is 36.5 Å². The lowest BCUT2D eigenvalue weighted by molar-refractivity contribution is 0.270. The van der Waals surface area contributed by atoms with Crippen LogP contribution < -0.4 is 9.64 Å². The molecule has 1 aliphatic heterocycles. The van der Waals surface area contributed by atoms with E-state index in [2.05, 4.69) is 36.2 Å². The third-order valence-electron chi connectivity index (χ3n) is 6.18. The minimum absolute atomic E-state index is 0.00379. The van der Waals surface area contributed by atoms with E-state index >= 15 is 0 Å². The summed E-state index contributed by atoms with van der Waals surface area (Å²) in [6.45, 7) is 1.70. The van der Waals surface area contributed by atoms with Crippen molar-refractivity contribution >= 4 is 17.0 Å². The van der Waals surface area contributed by atoms with E-state index < -0.39 is 5.92 Å². The summed E-state index contributed by atoms with van der Waals surface area (Å²) in [5.74, 6) is -0.189. The molecular formula is C22H20N10O. The SMILES string of the molecule is N#CC(C#N)c1nc(OC[C@H]2CC2C#N)nc(N2CCC(c3n[nH]c4ncccc34)CC2)n1. The zero-order valence-electron chi connectivity index (χ0n) is 17.7. The molecule has 164 valence electrons. The number of piperidine rings is 1. The van der Waals surface area contributed by atoms with Crippen LogP contribution in [-0.4, -0.2) is 49.8 Å². The Morgan fingerprint density at radius 1 is 1.15 bits per heavy atom. The molecule has 1 saturated heterocycles. The predicted octanol–water partition coefficient (Wildman–Crippen LogP) is 2.20. The third-order valence-corrected chi connectivity index (χ3v) is 6.18. The number of nitriles is 3. The van der Waals surface area contributed by atoms with Gasteiger partial charge in [0.1, 0.15) is 0 Å². The Hall–Kier alpha value is -4.30. The second-order valence-electron chi connectivity index (χ2n) is 8.28. The molecule has 1 N–H and O–H groups in total. The number of nitrogens with one attached hydrogen (secondary N) is 1. The van der Waals surface area contributed by atoms with Gasteiger partial charge in [-0.3, -0.25) is 5.10 Å². The van der Waals surface area contributed by atoms with Crippen molar-refractivity contribution in [1.29, 1.82) is 15.8 Å². The van der Waals surface area contributed by atoms with Crippen LogP contribution in [0.5, 0.6) is 6.01 Å². The highest BCUT2D eigenvalue weighted by atomic mass is 16.5. The number of pyridine rings is 1. The molecule has 1 unspecified atom stereocenters. The van der Waals surface area contributed by atoms with Crippen molar-refractivity contribution in [2.75, 3.05) is 24.6 Å². The van der Waals surface area contributed by atoms with Gasteiger partial charge in [-0.2, -0.15) is 35.8 Å². The van der Waals surface area contributed by atoms with Crippen molar-refractivity contribution in [3.8, 4) is 24.2 Å². The number of fused-ring (bicyclic) bond motifs is 1. The van der Waals surface area contributed by atoms with Gasteiger partial charge in [0.2, 0.25) is 5.95 Å². The summed E-state index contributed by atoms with van der Waals surface area (Å²) in [4.78, 5) is 19.4. The fourth-order valence-corrected chi connectivity index (χ4v) is 4.15. The van der Waals surface area contributed by atoms with E-state index in [-0.39, 0.29) is 29.6 Å². The first-order valence-corrected chi connectivity index (χ1v) is 10.8.